The Balaban J connectivity index is 2.25. The molecule has 0 saturated carbocycles. The third-order valence-electron chi connectivity index (χ3n) is 3.23. The summed E-state index contributed by atoms with van der Waals surface area (Å²) in [5, 5.41) is 10.9. The third-order valence-corrected chi connectivity index (χ3v) is 3.23. The molecule has 1 aromatic heterocycles. The Kier molecular flexibility index (Phi) is 3.55. The Morgan fingerprint density at radius 1 is 1.61 bits per heavy atom. The Morgan fingerprint density at radius 3 is 3.06 bits per heavy atom. The average molecular weight is 249 g/mol. The highest BCUT2D eigenvalue weighted by molar-refractivity contribution is 5.57. The minimum absolute atomic E-state index is 0.000842. The molecule has 0 aliphatic carbocycles. The van der Waals surface area contributed by atoms with Crippen molar-refractivity contribution in [3.05, 3.63) is 27.9 Å². The molecule has 0 spiro atoms. The number of nitrogens with zero attached hydrogens (tertiary/aromatic N) is 3. The molecule has 1 atom stereocenters. The lowest BCUT2D eigenvalue weighted by molar-refractivity contribution is -0.385. The molecule has 1 aliphatic heterocycles. The number of aldehydes is 1. The van der Waals surface area contributed by atoms with Crippen LogP contribution in [-0.2, 0) is 4.79 Å². The number of aryl methyl sites for hydroxylation is 1. The summed E-state index contributed by atoms with van der Waals surface area (Å²) in [6.07, 6.45) is 4.26. The maximum atomic E-state index is 10.9. The van der Waals surface area contributed by atoms with Gasteiger partial charge in [-0.1, -0.05) is 0 Å². The van der Waals surface area contributed by atoms with Gasteiger partial charge < -0.3 is 9.69 Å². The molecular formula is C12H15N3O3. The smallest absolute Gasteiger partial charge is 0.277 e. The first-order valence-corrected chi connectivity index (χ1v) is 5.93. The van der Waals surface area contributed by atoms with E-state index in [1.807, 2.05) is 4.90 Å². The molecule has 1 aliphatic rings. The van der Waals surface area contributed by atoms with Crippen LogP contribution in [0.25, 0.3) is 0 Å². The van der Waals surface area contributed by atoms with Gasteiger partial charge in [0.15, 0.2) is 0 Å². The van der Waals surface area contributed by atoms with Crippen molar-refractivity contribution in [2.75, 3.05) is 18.0 Å². The second-order valence-corrected chi connectivity index (χ2v) is 4.57. The van der Waals surface area contributed by atoms with Gasteiger partial charge in [0, 0.05) is 30.8 Å². The van der Waals surface area contributed by atoms with Crippen molar-refractivity contribution in [3.8, 4) is 0 Å². The van der Waals surface area contributed by atoms with Crippen LogP contribution in [0.3, 0.4) is 0 Å². The highest BCUT2D eigenvalue weighted by atomic mass is 16.6. The summed E-state index contributed by atoms with van der Waals surface area (Å²) < 4.78 is 0. The number of hydrogen-bond donors (Lipinski definition) is 0. The maximum Gasteiger partial charge on any atom is 0.277 e. The van der Waals surface area contributed by atoms with E-state index in [9.17, 15) is 14.9 Å². The van der Waals surface area contributed by atoms with Gasteiger partial charge in [-0.15, -0.1) is 0 Å². The molecule has 2 heterocycles. The van der Waals surface area contributed by atoms with Crippen LogP contribution >= 0.6 is 0 Å². The fourth-order valence-electron chi connectivity index (χ4n) is 2.20. The van der Waals surface area contributed by atoms with Crippen molar-refractivity contribution >= 4 is 17.8 Å². The van der Waals surface area contributed by atoms with Crippen LogP contribution in [-0.4, -0.2) is 29.3 Å². The SMILES string of the molecule is Cc1cnc(N2CCCC(C=O)C2)cc1[N+](=O)[O-]. The van der Waals surface area contributed by atoms with E-state index in [-0.39, 0.29) is 11.6 Å². The predicted octanol–water partition coefficient (Wildman–Crippen LogP) is 1.71. The van der Waals surface area contributed by atoms with Gasteiger partial charge in [0.1, 0.15) is 12.1 Å². The molecule has 1 aromatic rings. The molecule has 1 fully saturated rings. The van der Waals surface area contributed by atoms with Gasteiger partial charge in [0.25, 0.3) is 5.69 Å². The van der Waals surface area contributed by atoms with E-state index < -0.39 is 4.92 Å². The van der Waals surface area contributed by atoms with E-state index in [1.54, 1.807) is 6.92 Å². The molecule has 2 rings (SSSR count). The number of carbonyl (C=O) groups excluding carboxylic acids is 1. The van der Waals surface area contributed by atoms with E-state index in [0.717, 1.165) is 25.7 Å². The summed E-state index contributed by atoms with van der Waals surface area (Å²) in [5.74, 6) is 0.583. The Morgan fingerprint density at radius 2 is 2.39 bits per heavy atom. The highest BCUT2D eigenvalue weighted by Crippen LogP contribution is 2.25. The first-order valence-electron chi connectivity index (χ1n) is 5.93. The zero-order valence-corrected chi connectivity index (χ0v) is 10.2. The van der Waals surface area contributed by atoms with E-state index in [4.69, 9.17) is 0 Å². The molecule has 1 saturated heterocycles. The third kappa shape index (κ3) is 2.47. The van der Waals surface area contributed by atoms with E-state index in [1.165, 1.54) is 12.3 Å². The molecule has 0 aromatic carbocycles. The molecule has 18 heavy (non-hydrogen) atoms. The first-order chi connectivity index (χ1) is 8.61. The van der Waals surface area contributed by atoms with Crippen molar-refractivity contribution < 1.29 is 9.72 Å². The number of pyridine rings is 1. The van der Waals surface area contributed by atoms with Crippen LogP contribution in [0.4, 0.5) is 11.5 Å². The lowest BCUT2D eigenvalue weighted by Crippen LogP contribution is -2.36. The van der Waals surface area contributed by atoms with Gasteiger partial charge in [-0.25, -0.2) is 4.98 Å². The molecule has 6 nitrogen and oxygen atoms in total. The number of hydrogen-bond acceptors (Lipinski definition) is 5. The van der Waals surface area contributed by atoms with Gasteiger partial charge in [0.05, 0.1) is 11.0 Å². The summed E-state index contributed by atoms with van der Waals surface area (Å²) in [4.78, 5) is 27.4. The van der Waals surface area contributed by atoms with Gasteiger partial charge in [0.2, 0.25) is 0 Å². The fourth-order valence-corrected chi connectivity index (χ4v) is 2.20. The minimum Gasteiger partial charge on any atom is -0.356 e. The molecule has 0 amide bonds. The van der Waals surface area contributed by atoms with Crippen LogP contribution in [0, 0.1) is 23.0 Å². The quantitative estimate of drug-likeness (QED) is 0.463. The first kappa shape index (κ1) is 12.5. The van der Waals surface area contributed by atoms with Gasteiger partial charge in [-0.2, -0.15) is 0 Å². The predicted molar refractivity (Wildman–Crippen MR) is 66.6 cm³/mol. The standard InChI is InChI=1S/C12H15N3O3/c1-9-6-13-12(5-11(9)15(17)18)14-4-2-3-10(7-14)8-16/h5-6,8,10H,2-4,7H2,1H3. The van der Waals surface area contributed by atoms with Crippen molar-refractivity contribution in [2.24, 2.45) is 5.92 Å². The van der Waals surface area contributed by atoms with Gasteiger partial charge in [-0.3, -0.25) is 10.1 Å². The molecule has 0 radical (unpaired) electrons. The second-order valence-electron chi connectivity index (χ2n) is 4.57. The molecule has 1 unspecified atom stereocenters. The number of piperidine rings is 1. The molecule has 96 valence electrons. The van der Waals surface area contributed by atoms with E-state index in [2.05, 4.69) is 4.98 Å². The second kappa shape index (κ2) is 5.12. The van der Waals surface area contributed by atoms with E-state index >= 15 is 0 Å². The lowest BCUT2D eigenvalue weighted by Gasteiger charge is -2.31. The largest absolute Gasteiger partial charge is 0.356 e. The van der Waals surface area contributed by atoms with Gasteiger partial charge >= 0.3 is 0 Å². The summed E-state index contributed by atoms with van der Waals surface area (Å²) in [7, 11) is 0. The molecular weight excluding hydrogens is 234 g/mol. The van der Waals surface area contributed by atoms with Crippen LogP contribution < -0.4 is 4.90 Å². The van der Waals surface area contributed by atoms with Crippen molar-refractivity contribution in [3.63, 3.8) is 0 Å². The van der Waals surface area contributed by atoms with Crippen LogP contribution in [0.15, 0.2) is 12.3 Å². The summed E-state index contributed by atoms with van der Waals surface area (Å²) in [6, 6.07) is 1.49. The summed E-state index contributed by atoms with van der Waals surface area (Å²) >= 11 is 0. The fraction of sp³-hybridized carbons (Fsp3) is 0.500. The van der Waals surface area contributed by atoms with Crippen LogP contribution in [0.2, 0.25) is 0 Å². The Bertz CT molecular complexity index is 476. The summed E-state index contributed by atoms with van der Waals surface area (Å²) in [6.45, 7) is 3.05. The van der Waals surface area contributed by atoms with E-state index in [0.29, 0.717) is 17.9 Å². The number of aromatic nitrogens is 1. The number of anilines is 1. The molecule has 0 bridgehead atoms. The highest BCUT2D eigenvalue weighted by Gasteiger charge is 2.22. The molecule has 6 heteroatoms. The Labute approximate surface area is 105 Å². The number of nitro groups is 1. The van der Waals surface area contributed by atoms with Crippen molar-refractivity contribution in [1.29, 1.82) is 0 Å². The normalized spacial score (nSPS) is 19.6. The van der Waals surface area contributed by atoms with Crippen molar-refractivity contribution in [2.45, 2.75) is 19.8 Å². The van der Waals surface area contributed by atoms with Crippen LogP contribution in [0.5, 0.6) is 0 Å². The summed E-state index contributed by atoms with van der Waals surface area (Å²) in [5.41, 5.74) is 0.626. The zero-order valence-electron chi connectivity index (χ0n) is 10.2. The number of carbonyl (C=O) groups is 1. The topological polar surface area (TPSA) is 76.3 Å². The maximum absolute atomic E-state index is 10.9. The number of rotatable bonds is 3. The monoisotopic (exact) mass is 249 g/mol. The molecule has 0 N–H and O–H groups in total. The Hall–Kier alpha value is -1.98. The van der Waals surface area contributed by atoms with Crippen LogP contribution in [0.1, 0.15) is 18.4 Å². The average Bonchev–Trinajstić information content (AvgIpc) is 2.39. The van der Waals surface area contributed by atoms with Gasteiger partial charge in [-0.05, 0) is 19.8 Å². The van der Waals surface area contributed by atoms with Crippen molar-refractivity contribution in [1.82, 2.24) is 4.98 Å². The zero-order chi connectivity index (χ0) is 13.1. The minimum atomic E-state index is -0.401. The lowest BCUT2D eigenvalue weighted by atomic mass is 10.00.